The summed E-state index contributed by atoms with van der Waals surface area (Å²) in [4.78, 5) is 38.8. The lowest BCUT2D eigenvalue weighted by atomic mass is 9.92. The molecule has 3 amide bonds. The summed E-state index contributed by atoms with van der Waals surface area (Å²) in [7, 11) is 3.01. The maximum absolute atomic E-state index is 12.9. The SMILES string of the molecule is COc1ccc(C2(C)NC(=O)N(CC(=O)c3ccc(OC)c(Cl)c3)C2=O)cc1. The molecule has 146 valence electrons. The van der Waals surface area contributed by atoms with Gasteiger partial charge in [-0.15, -0.1) is 0 Å². The number of imide groups is 1. The van der Waals surface area contributed by atoms with E-state index in [-0.39, 0.29) is 17.1 Å². The van der Waals surface area contributed by atoms with Crippen molar-refractivity contribution in [3.05, 3.63) is 58.6 Å². The average Bonchev–Trinajstić information content (AvgIpc) is 2.91. The highest BCUT2D eigenvalue weighted by atomic mass is 35.5. The Kier molecular flexibility index (Phi) is 5.29. The fraction of sp³-hybridized carbons (Fsp3) is 0.250. The van der Waals surface area contributed by atoms with Crippen LogP contribution in [0.5, 0.6) is 11.5 Å². The van der Waals surface area contributed by atoms with Crippen LogP contribution in [0.4, 0.5) is 4.79 Å². The van der Waals surface area contributed by atoms with Crippen LogP contribution in [0.25, 0.3) is 0 Å². The van der Waals surface area contributed by atoms with Crippen LogP contribution in [-0.2, 0) is 10.3 Å². The first-order chi connectivity index (χ1) is 13.3. The molecule has 2 aromatic carbocycles. The highest BCUT2D eigenvalue weighted by Gasteiger charge is 2.49. The van der Waals surface area contributed by atoms with Crippen LogP contribution in [0, 0.1) is 0 Å². The molecule has 0 aliphatic carbocycles. The van der Waals surface area contributed by atoms with Crippen molar-refractivity contribution in [2.75, 3.05) is 20.8 Å². The lowest BCUT2D eigenvalue weighted by molar-refractivity contribution is -0.130. The Morgan fingerprint density at radius 3 is 2.36 bits per heavy atom. The van der Waals surface area contributed by atoms with Crippen LogP contribution >= 0.6 is 11.6 Å². The van der Waals surface area contributed by atoms with Gasteiger partial charge in [0, 0.05) is 5.56 Å². The van der Waals surface area contributed by atoms with Crippen molar-refractivity contribution >= 4 is 29.3 Å². The van der Waals surface area contributed by atoms with E-state index >= 15 is 0 Å². The quantitative estimate of drug-likeness (QED) is 0.593. The molecule has 3 rings (SSSR count). The normalized spacial score (nSPS) is 18.8. The molecule has 1 heterocycles. The van der Waals surface area contributed by atoms with Crippen LogP contribution in [0.15, 0.2) is 42.5 Å². The number of nitrogens with one attached hydrogen (secondary N) is 1. The van der Waals surface area contributed by atoms with E-state index in [2.05, 4.69) is 5.32 Å². The number of halogens is 1. The number of hydrogen-bond acceptors (Lipinski definition) is 5. The van der Waals surface area contributed by atoms with Crippen molar-refractivity contribution in [2.45, 2.75) is 12.5 Å². The van der Waals surface area contributed by atoms with E-state index in [0.29, 0.717) is 17.1 Å². The molecule has 0 spiro atoms. The molecule has 28 heavy (non-hydrogen) atoms. The summed E-state index contributed by atoms with van der Waals surface area (Å²) in [5, 5.41) is 2.94. The van der Waals surface area contributed by atoms with Gasteiger partial charge in [-0.25, -0.2) is 4.79 Å². The summed E-state index contributed by atoms with van der Waals surface area (Å²) in [5.41, 5.74) is -0.389. The fourth-order valence-corrected chi connectivity index (χ4v) is 3.29. The number of rotatable bonds is 6. The first kappa shape index (κ1) is 19.7. The van der Waals surface area contributed by atoms with Gasteiger partial charge in [-0.05, 0) is 42.8 Å². The van der Waals surface area contributed by atoms with Gasteiger partial charge < -0.3 is 14.8 Å². The zero-order chi connectivity index (χ0) is 20.5. The number of benzene rings is 2. The highest BCUT2D eigenvalue weighted by molar-refractivity contribution is 6.32. The number of hydrogen-bond donors (Lipinski definition) is 1. The molecule has 0 saturated carbocycles. The summed E-state index contributed by atoms with van der Waals surface area (Å²) < 4.78 is 10.2. The third kappa shape index (κ3) is 3.41. The summed E-state index contributed by atoms with van der Waals surface area (Å²) >= 11 is 6.05. The second-order valence-electron chi connectivity index (χ2n) is 6.45. The van der Waals surface area contributed by atoms with Gasteiger partial charge in [0.15, 0.2) is 5.78 Å². The molecular weight excluding hydrogens is 384 g/mol. The maximum Gasteiger partial charge on any atom is 0.325 e. The average molecular weight is 403 g/mol. The Labute approximate surface area is 167 Å². The lowest BCUT2D eigenvalue weighted by Crippen LogP contribution is -2.41. The summed E-state index contributed by atoms with van der Waals surface area (Å²) in [6.45, 7) is 1.21. The van der Waals surface area contributed by atoms with Crippen LogP contribution in [0.1, 0.15) is 22.8 Å². The number of urea groups is 1. The van der Waals surface area contributed by atoms with Gasteiger partial charge in [0.1, 0.15) is 17.0 Å². The number of carbonyl (C=O) groups excluding carboxylic acids is 3. The van der Waals surface area contributed by atoms with E-state index in [1.54, 1.807) is 37.3 Å². The smallest absolute Gasteiger partial charge is 0.325 e. The van der Waals surface area contributed by atoms with Crippen molar-refractivity contribution in [1.82, 2.24) is 10.2 Å². The minimum Gasteiger partial charge on any atom is -0.497 e. The fourth-order valence-electron chi connectivity index (χ4n) is 3.04. The zero-order valence-corrected chi connectivity index (χ0v) is 16.4. The topological polar surface area (TPSA) is 84.9 Å². The second-order valence-corrected chi connectivity index (χ2v) is 6.85. The van der Waals surface area contributed by atoms with Gasteiger partial charge in [-0.2, -0.15) is 0 Å². The second kappa shape index (κ2) is 7.52. The molecule has 1 aliphatic heterocycles. The number of amides is 3. The largest absolute Gasteiger partial charge is 0.497 e. The monoisotopic (exact) mass is 402 g/mol. The summed E-state index contributed by atoms with van der Waals surface area (Å²) in [6, 6.07) is 10.7. The zero-order valence-electron chi connectivity index (χ0n) is 15.6. The molecule has 1 unspecified atom stereocenters. The van der Waals surface area contributed by atoms with E-state index in [9.17, 15) is 14.4 Å². The summed E-state index contributed by atoms with van der Waals surface area (Å²) in [5.74, 6) is 0.149. The number of ether oxygens (including phenoxy) is 2. The van der Waals surface area contributed by atoms with Crippen molar-refractivity contribution in [2.24, 2.45) is 0 Å². The number of nitrogens with zero attached hydrogens (tertiary/aromatic N) is 1. The van der Waals surface area contributed by atoms with Crippen molar-refractivity contribution in [3.8, 4) is 11.5 Å². The van der Waals surface area contributed by atoms with Crippen LogP contribution in [-0.4, -0.2) is 43.4 Å². The standard InChI is InChI=1S/C20H19ClN2O5/c1-20(13-5-7-14(27-2)8-6-13)18(25)23(19(26)22-20)11-16(24)12-4-9-17(28-3)15(21)10-12/h4-10H,11H2,1-3H3,(H,22,26). The van der Waals surface area contributed by atoms with Crippen LogP contribution < -0.4 is 14.8 Å². The van der Waals surface area contributed by atoms with Gasteiger partial charge in [-0.1, -0.05) is 23.7 Å². The molecule has 7 nitrogen and oxygen atoms in total. The minimum atomic E-state index is -1.26. The third-order valence-corrected chi connectivity index (χ3v) is 5.01. The van der Waals surface area contributed by atoms with Crippen LogP contribution in [0.2, 0.25) is 5.02 Å². The maximum atomic E-state index is 12.9. The van der Waals surface area contributed by atoms with Gasteiger partial charge >= 0.3 is 6.03 Å². The van der Waals surface area contributed by atoms with E-state index in [1.165, 1.54) is 26.4 Å². The van der Waals surface area contributed by atoms with E-state index in [4.69, 9.17) is 21.1 Å². The Morgan fingerprint density at radius 1 is 1.11 bits per heavy atom. The number of ketones is 1. The third-order valence-electron chi connectivity index (χ3n) is 4.72. The molecular formula is C20H19ClN2O5. The van der Waals surface area contributed by atoms with Crippen molar-refractivity contribution < 1.29 is 23.9 Å². The van der Waals surface area contributed by atoms with Crippen molar-refractivity contribution in [1.29, 1.82) is 0 Å². The molecule has 0 bridgehead atoms. The molecule has 8 heteroatoms. The van der Waals surface area contributed by atoms with Gasteiger partial charge in [0.25, 0.3) is 5.91 Å². The van der Waals surface area contributed by atoms with Crippen molar-refractivity contribution in [3.63, 3.8) is 0 Å². The first-order valence-electron chi connectivity index (χ1n) is 8.45. The Balaban J connectivity index is 1.81. The summed E-state index contributed by atoms with van der Waals surface area (Å²) in [6.07, 6.45) is 0. The molecule has 0 aromatic heterocycles. The Morgan fingerprint density at radius 2 is 1.79 bits per heavy atom. The van der Waals surface area contributed by atoms with Gasteiger partial charge in [-0.3, -0.25) is 14.5 Å². The molecule has 0 radical (unpaired) electrons. The molecule has 2 aromatic rings. The number of Topliss-reactive ketones (excluding diaryl/α,β-unsaturated/α-hetero) is 1. The first-order valence-corrected chi connectivity index (χ1v) is 8.83. The van der Waals surface area contributed by atoms with E-state index in [0.717, 1.165) is 4.90 Å². The molecule has 1 fully saturated rings. The van der Waals surface area contributed by atoms with Gasteiger partial charge in [0.2, 0.25) is 0 Å². The highest BCUT2D eigenvalue weighted by Crippen LogP contribution is 2.30. The van der Waals surface area contributed by atoms with E-state index in [1.807, 2.05) is 0 Å². The Hall–Kier alpha value is -3.06. The van der Waals surface area contributed by atoms with Gasteiger partial charge in [0.05, 0.1) is 25.8 Å². The van der Waals surface area contributed by atoms with Crippen LogP contribution in [0.3, 0.4) is 0 Å². The molecule has 1 saturated heterocycles. The number of methoxy groups -OCH3 is 2. The lowest BCUT2D eigenvalue weighted by Gasteiger charge is -2.22. The molecule has 1 aliphatic rings. The van der Waals surface area contributed by atoms with E-state index < -0.39 is 23.3 Å². The molecule has 1 N–H and O–H groups in total. The minimum absolute atomic E-state index is 0.272. The Bertz CT molecular complexity index is 944. The number of carbonyl (C=O) groups is 3. The molecule has 1 atom stereocenters. The predicted molar refractivity (Wildman–Crippen MR) is 103 cm³/mol. The predicted octanol–water partition coefficient (Wildman–Crippen LogP) is 3.01.